The Bertz CT molecular complexity index is 342. The van der Waals surface area contributed by atoms with Crippen LogP contribution in [-0.4, -0.2) is 43.0 Å². The maximum Gasteiger partial charge on any atom is 0.0725 e. The van der Waals surface area contributed by atoms with Crippen LogP contribution < -0.4 is 0 Å². The topological polar surface area (TPSA) is 38.0 Å². The van der Waals surface area contributed by atoms with Crippen molar-refractivity contribution in [2.45, 2.75) is 29.9 Å². The van der Waals surface area contributed by atoms with Gasteiger partial charge in [0.25, 0.3) is 0 Å². The van der Waals surface area contributed by atoms with Crippen LogP contribution in [0.15, 0.2) is 12.3 Å². The monoisotopic (exact) mass is 258 g/mol. The molecular weight excluding hydrogens is 240 g/mol. The van der Waals surface area contributed by atoms with Crippen LogP contribution in [0.25, 0.3) is 0 Å². The zero-order valence-electron chi connectivity index (χ0n) is 9.67. The van der Waals surface area contributed by atoms with Gasteiger partial charge in [-0.25, -0.2) is 0 Å². The summed E-state index contributed by atoms with van der Waals surface area (Å²) in [5, 5.41) is 15.4. The molecule has 1 fully saturated rings. The molecule has 16 heavy (non-hydrogen) atoms. The minimum Gasteiger partial charge on any atom is -0.392 e. The molecule has 3 unspecified atom stereocenters. The lowest BCUT2D eigenvalue weighted by Gasteiger charge is -2.31. The molecule has 0 amide bonds. The summed E-state index contributed by atoms with van der Waals surface area (Å²) in [7, 11) is 1.91. The zero-order chi connectivity index (χ0) is 11.5. The fraction of sp³-hybridized carbons (Fsp3) is 0.727. The molecule has 1 aromatic heterocycles. The third kappa shape index (κ3) is 2.96. The van der Waals surface area contributed by atoms with Gasteiger partial charge >= 0.3 is 0 Å². The van der Waals surface area contributed by atoms with Gasteiger partial charge in [-0.1, -0.05) is 6.92 Å². The second-order valence-corrected chi connectivity index (χ2v) is 6.93. The van der Waals surface area contributed by atoms with Gasteiger partial charge in [-0.15, -0.1) is 0 Å². The van der Waals surface area contributed by atoms with Crippen LogP contribution in [0, 0.1) is 0 Å². The molecule has 2 heterocycles. The van der Waals surface area contributed by atoms with E-state index in [1.54, 1.807) is 4.68 Å². The van der Waals surface area contributed by atoms with E-state index < -0.39 is 0 Å². The van der Waals surface area contributed by atoms with E-state index in [1.807, 2.05) is 42.8 Å². The molecule has 0 bridgehead atoms. The molecule has 3 atom stereocenters. The second-order valence-electron chi connectivity index (χ2n) is 4.16. The third-order valence-corrected chi connectivity index (χ3v) is 6.04. The maximum atomic E-state index is 10.2. The normalized spacial score (nSPS) is 27.9. The van der Waals surface area contributed by atoms with Crippen molar-refractivity contribution in [3.05, 3.63) is 18.0 Å². The van der Waals surface area contributed by atoms with E-state index in [2.05, 4.69) is 12.0 Å². The van der Waals surface area contributed by atoms with Crippen LogP contribution in [0.2, 0.25) is 0 Å². The fourth-order valence-corrected chi connectivity index (χ4v) is 4.82. The molecule has 0 aliphatic carbocycles. The minimum absolute atomic E-state index is 0.275. The van der Waals surface area contributed by atoms with Crippen LogP contribution in [-0.2, 0) is 13.5 Å². The summed E-state index contributed by atoms with van der Waals surface area (Å²) in [5.41, 5.74) is 0.985. The number of aromatic nitrogens is 2. The van der Waals surface area contributed by atoms with Crippen molar-refractivity contribution in [2.24, 2.45) is 7.05 Å². The number of aliphatic hydroxyl groups is 1. The molecule has 1 aliphatic rings. The van der Waals surface area contributed by atoms with E-state index >= 15 is 0 Å². The number of aryl methyl sites for hydroxylation is 1. The Morgan fingerprint density at radius 1 is 1.56 bits per heavy atom. The van der Waals surface area contributed by atoms with Crippen LogP contribution >= 0.6 is 23.5 Å². The van der Waals surface area contributed by atoms with Crippen molar-refractivity contribution in [1.29, 1.82) is 0 Å². The molecule has 1 aromatic rings. The van der Waals surface area contributed by atoms with Crippen LogP contribution in [0.1, 0.15) is 12.6 Å². The van der Waals surface area contributed by atoms with E-state index in [-0.39, 0.29) is 6.10 Å². The number of hydrogen-bond acceptors (Lipinski definition) is 4. The van der Waals surface area contributed by atoms with Gasteiger partial charge in [0.1, 0.15) is 0 Å². The minimum atomic E-state index is -0.275. The second kappa shape index (κ2) is 5.47. The Kier molecular flexibility index (Phi) is 4.21. The summed E-state index contributed by atoms with van der Waals surface area (Å²) in [4.78, 5) is 0. The highest BCUT2D eigenvalue weighted by Crippen LogP contribution is 2.33. The number of nitrogens with zero attached hydrogens (tertiary/aromatic N) is 2. The highest BCUT2D eigenvalue weighted by molar-refractivity contribution is 8.07. The smallest absolute Gasteiger partial charge is 0.0725 e. The average molecular weight is 258 g/mol. The first-order valence-corrected chi connectivity index (χ1v) is 7.66. The van der Waals surface area contributed by atoms with Crippen molar-refractivity contribution < 1.29 is 5.11 Å². The van der Waals surface area contributed by atoms with Crippen molar-refractivity contribution in [2.75, 3.05) is 11.5 Å². The van der Waals surface area contributed by atoms with E-state index in [0.717, 1.165) is 11.4 Å². The lowest BCUT2D eigenvalue weighted by atomic mass is 10.1. The summed E-state index contributed by atoms with van der Waals surface area (Å²) in [6.07, 6.45) is 2.32. The Balaban J connectivity index is 1.93. The Hall–Kier alpha value is -0.130. The molecule has 3 nitrogen and oxygen atoms in total. The van der Waals surface area contributed by atoms with Crippen LogP contribution in [0.5, 0.6) is 0 Å². The molecule has 90 valence electrons. The molecule has 1 aliphatic heterocycles. The molecule has 5 heteroatoms. The standard InChI is InChI=1S/C11H18N2OS2/c1-8-11(16-6-5-15-8)10(14)7-9-3-4-13(2)12-9/h3-4,8,10-11,14H,5-7H2,1-2H3. The summed E-state index contributed by atoms with van der Waals surface area (Å²) < 4.78 is 1.79. The number of aliphatic hydroxyl groups excluding tert-OH is 1. The molecule has 2 rings (SSSR count). The molecule has 0 saturated carbocycles. The van der Waals surface area contributed by atoms with Gasteiger partial charge in [0.15, 0.2) is 0 Å². The van der Waals surface area contributed by atoms with Crippen LogP contribution in [0.3, 0.4) is 0 Å². The average Bonchev–Trinajstić information content (AvgIpc) is 2.64. The highest BCUT2D eigenvalue weighted by atomic mass is 32.2. The maximum absolute atomic E-state index is 10.2. The number of hydrogen-bond donors (Lipinski definition) is 1. The van der Waals surface area contributed by atoms with Crippen molar-refractivity contribution in [1.82, 2.24) is 9.78 Å². The lowest BCUT2D eigenvalue weighted by molar-refractivity contribution is 0.170. The largest absolute Gasteiger partial charge is 0.392 e. The summed E-state index contributed by atoms with van der Waals surface area (Å²) in [6.45, 7) is 2.21. The molecule has 1 saturated heterocycles. The summed E-state index contributed by atoms with van der Waals surface area (Å²) in [6, 6.07) is 1.98. The van der Waals surface area contributed by atoms with Gasteiger partial charge < -0.3 is 5.11 Å². The first kappa shape index (κ1) is 12.3. The van der Waals surface area contributed by atoms with Gasteiger partial charge in [0, 0.05) is 41.7 Å². The predicted octanol–water partition coefficient (Wildman–Crippen LogP) is 1.56. The molecular formula is C11H18N2OS2. The van der Waals surface area contributed by atoms with Gasteiger partial charge in [0.2, 0.25) is 0 Å². The first-order chi connectivity index (χ1) is 7.66. The first-order valence-electron chi connectivity index (χ1n) is 5.56. The van der Waals surface area contributed by atoms with E-state index in [0.29, 0.717) is 16.9 Å². The molecule has 0 spiro atoms. The zero-order valence-corrected chi connectivity index (χ0v) is 11.3. The van der Waals surface area contributed by atoms with Gasteiger partial charge in [-0.05, 0) is 6.07 Å². The van der Waals surface area contributed by atoms with E-state index in [1.165, 1.54) is 5.75 Å². The van der Waals surface area contributed by atoms with Gasteiger partial charge in [-0.2, -0.15) is 28.6 Å². The molecule has 1 N–H and O–H groups in total. The van der Waals surface area contributed by atoms with E-state index in [9.17, 15) is 5.11 Å². The fourth-order valence-electron chi connectivity index (χ4n) is 1.97. The van der Waals surface area contributed by atoms with Crippen molar-refractivity contribution in [3.8, 4) is 0 Å². The van der Waals surface area contributed by atoms with Crippen molar-refractivity contribution >= 4 is 23.5 Å². The third-order valence-electron chi connectivity index (χ3n) is 2.80. The van der Waals surface area contributed by atoms with Gasteiger partial charge in [0.05, 0.1) is 11.8 Å². The quantitative estimate of drug-likeness (QED) is 0.893. The Labute approximate surface area is 105 Å². The number of thioether (sulfide) groups is 2. The van der Waals surface area contributed by atoms with Gasteiger partial charge in [-0.3, -0.25) is 4.68 Å². The summed E-state index contributed by atoms with van der Waals surface area (Å²) in [5.74, 6) is 2.36. The SMILES string of the molecule is CC1SCCSC1C(O)Cc1ccn(C)n1. The lowest BCUT2D eigenvalue weighted by Crippen LogP contribution is -2.36. The Morgan fingerprint density at radius 3 is 2.94 bits per heavy atom. The van der Waals surface area contributed by atoms with Crippen LogP contribution in [0.4, 0.5) is 0 Å². The number of rotatable bonds is 3. The molecule has 0 aromatic carbocycles. The predicted molar refractivity (Wildman–Crippen MR) is 71.1 cm³/mol. The highest BCUT2D eigenvalue weighted by Gasteiger charge is 2.29. The van der Waals surface area contributed by atoms with Crippen molar-refractivity contribution in [3.63, 3.8) is 0 Å². The Morgan fingerprint density at radius 2 is 2.31 bits per heavy atom. The molecule has 0 radical (unpaired) electrons. The summed E-state index contributed by atoms with van der Waals surface area (Å²) >= 11 is 3.86. The van der Waals surface area contributed by atoms with E-state index in [4.69, 9.17) is 0 Å².